The summed E-state index contributed by atoms with van der Waals surface area (Å²) in [6.45, 7) is 4.97. The average molecular weight is 269 g/mol. The molecule has 1 aliphatic rings. The fraction of sp³-hybridized carbons (Fsp3) is 0.692. The fourth-order valence-corrected chi connectivity index (χ4v) is 2.30. The van der Waals surface area contributed by atoms with Crippen molar-refractivity contribution in [3.63, 3.8) is 0 Å². The van der Waals surface area contributed by atoms with Crippen LogP contribution < -0.4 is 10.6 Å². The van der Waals surface area contributed by atoms with Crippen LogP contribution in [0.5, 0.6) is 0 Å². The SMILES string of the molecule is C=CCNC(=O)NC(=O)CN1CCCCC1CCO. The first-order valence-electron chi connectivity index (χ1n) is 6.71. The first-order chi connectivity index (χ1) is 9.17. The summed E-state index contributed by atoms with van der Waals surface area (Å²) in [6, 6.07) is -0.263. The highest BCUT2D eigenvalue weighted by atomic mass is 16.3. The van der Waals surface area contributed by atoms with Crippen LogP contribution in [0.3, 0.4) is 0 Å². The maximum absolute atomic E-state index is 11.7. The molecule has 0 aliphatic carbocycles. The standard InChI is InChI=1S/C13H23N3O3/c1-2-7-14-13(19)15-12(18)10-16-8-4-3-5-11(16)6-9-17/h2,11,17H,1,3-10H2,(H2,14,15,18,19). The van der Waals surface area contributed by atoms with Gasteiger partial charge in [-0.3, -0.25) is 15.0 Å². The van der Waals surface area contributed by atoms with Crippen molar-refractivity contribution in [3.8, 4) is 0 Å². The lowest BCUT2D eigenvalue weighted by Crippen LogP contribution is -2.48. The van der Waals surface area contributed by atoms with E-state index in [1.807, 2.05) is 4.90 Å². The van der Waals surface area contributed by atoms with Gasteiger partial charge in [0.1, 0.15) is 0 Å². The van der Waals surface area contributed by atoms with Crippen LogP contribution in [-0.4, -0.2) is 54.2 Å². The number of rotatable bonds is 6. The molecule has 1 aliphatic heterocycles. The van der Waals surface area contributed by atoms with Gasteiger partial charge in [-0.15, -0.1) is 6.58 Å². The number of carbonyl (C=O) groups excluding carboxylic acids is 2. The lowest BCUT2D eigenvalue weighted by Gasteiger charge is -2.34. The number of carbonyl (C=O) groups is 2. The van der Waals surface area contributed by atoms with Crippen molar-refractivity contribution in [2.45, 2.75) is 31.7 Å². The van der Waals surface area contributed by atoms with E-state index in [4.69, 9.17) is 5.11 Å². The van der Waals surface area contributed by atoms with E-state index in [2.05, 4.69) is 17.2 Å². The summed E-state index contributed by atoms with van der Waals surface area (Å²) >= 11 is 0. The second kappa shape index (κ2) is 8.66. The van der Waals surface area contributed by atoms with Crippen molar-refractivity contribution >= 4 is 11.9 Å². The number of nitrogens with zero attached hydrogens (tertiary/aromatic N) is 1. The number of piperidine rings is 1. The Morgan fingerprint density at radius 1 is 1.42 bits per heavy atom. The van der Waals surface area contributed by atoms with Crippen molar-refractivity contribution in [1.29, 1.82) is 0 Å². The van der Waals surface area contributed by atoms with Crippen LogP contribution in [0.1, 0.15) is 25.7 Å². The second-order valence-electron chi connectivity index (χ2n) is 4.68. The predicted molar refractivity (Wildman–Crippen MR) is 72.7 cm³/mol. The predicted octanol–water partition coefficient (Wildman–Crippen LogP) is 0.235. The smallest absolute Gasteiger partial charge is 0.321 e. The monoisotopic (exact) mass is 269 g/mol. The van der Waals surface area contributed by atoms with Crippen LogP contribution in [0.4, 0.5) is 4.79 Å². The zero-order chi connectivity index (χ0) is 14.1. The Morgan fingerprint density at radius 3 is 2.89 bits per heavy atom. The Morgan fingerprint density at radius 2 is 2.21 bits per heavy atom. The van der Waals surface area contributed by atoms with Gasteiger partial charge >= 0.3 is 6.03 Å². The molecular weight excluding hydrogens is 246 g/mol. The molecule has 108 valence electrons. The summed E-state index contributed by atoms with van der Waals surface area (Å²) in [4.78, 5) is 25.1. The van der Waals surface area contributed by atoms with E-state index >= 15 is 0 Å². The van der Waals surface area contributed by atoms with Crippen molar-refractivity contribution < 1.29 is 14.7 Å². The molecule has 0 bridgehead atoms. The summed E-state index contributed by atoms with van der Waals surface area (Å²) in [5, 5.41) is 13.8. The van der Waals surface area contributed by atoms with E-state index in [0.29, 0.717) is 13.0 Å². The van der Waals surface area contributed by atoms with Crippen LogP contribution in [0.2, 0.25) is 0 Å². The number of aliphatic hydroxyl groups excluding tert-OH is 1. The lowest BCUT2D eigenvalue weighted by molar-refractivity contribution is -0.122. The number of imide groups is 1. The van der Waals surface area contributed by atoms with Crippen LogP contribution in [0, 0.1) is 0 Å². The fourth-order valence-electron chi connectivity index (χ4n) is 2.30. The molecule has 1 unspecified atom stereocenters. The van der Waals surface area contributed by atoms with Crippen molar-refractivity contribution in [2.24, 2.45) is 0 Å². The van der Waals surface area contributed by atoms with Crippen molar-refractivity contribution in [3.05, 3.63) is 12.7 Å². The Hall–Kier alpha value is -1.40. The van der Waals surface area contributed by atoms with Gasteiger partial charge in [0, 0.05) is 19.2 Å². The zero-order valence-electron chi connectivity index (χ0n) is 11.2. The third kappa shape index (κ3) is 5.85. The first kappa shape index (κ1) is 15.7. The van der Waals surface area contributed by atoms with E-state index in [1.165, 1.54) is 0 Å². The van der Waals surface area contributed by atoms with Crippen LogP contribution in [0.15, 0.2) is 12.7 Å². The van der Waals surface area contributed by atoms with Crippen LogP contribution >= 0.6 is 0 Å². The third-order valence-corrected chi connectivity index (χ3v) is 3.22. The summed E-state index contributed by atoms with van der Waals surface area (Å²) in [6.07, 6.45) is 5.40. The van der Waals surface area contributed by atoms with E-state index in [9.17, 15) is 9.59 Å². The van der Waals surface area contributed by atoms with Gasteiger partial charge < -0.3 is 10.4 Å². The first-order valence-corrected chi connectivity index (χ1v) is 6.71. The molecule has 3 amide bonds. The van der Waals surface area contributed by atoms with Crippen LogP contribution in [-0.2, 0) is 4.79 Å². The molecule has 0 spiro atoms. The molecule has 0 aromatic rings. The number of urea groups is 1. The Labute approximate surface area is 113 Å². The normalized spacial score (nSPS) is 19.7. The number of aliphatic hydroxyl groups is 1. The molecule has 0 saturated carbocycles. The second-order valence-corrected chi connectivity index (χ2v) is 4.68. The van der Waals surface area contributed by atoms with Gasteiger partial charge in [0.15, 0.2) is 0 Å². The quantitative estimate of drug-likeness (QED) is 0.603. The van der Waals surface area contributed by atoms with E-state index in [1.54, 1.807) is 6.08 Å². The van der Waals surface area contributed by atoms with Gasteiger partial charge in [-0.2, -0.15) is 0 Å². The topological polar surface area (TPSA) is 81.7 Å². The molecular formula is C13H23N3O3. The Bertz CT molecular complexity index is 318. The minimum absolute atomic E-state index is 0.128. The number of likely N-dealkylation sites (tertiary alicyclic amines) is 1. The van der Waals surface area contributed by atoms with Gasteiger partial charge in [-0.1, -0.05) is 12.5 Å². The van der Waals surface area contributed by atoms with Gasteiger partial charge in [-0.25, -0.2) is 4.79 Å². The summed E-state index contributed by atoms with van der Waals surface area (Å²) in [7, 11) is 0. The molecule has 1 rings (SSSR count). The lowest BCUT2D eigenvalue weighted by atomic mass is 10.00. The molecule has 6 nitrogen and oxygen atoms in total. The molecule has 6 heteroatoms. The van der Waals surface area contributed by atoms with E-state index in [-0.39, 0.29) is 25.1 Å². The minimum Gasteiger partial charge on any atom is -0.396 e. The Balaban J connectivity index is 2.36. The zero-order valence-corrected chi connectivity index (χ0v) is 11.2. The molecule has 0 aromatic carbocycles. The van der Waals surface area contributed by atoms with Gasteiger partial charge in [0.05, 0.1) is 6.54 Å². The molecule has 0 radical (unpaired) electrons. The molecule has 1 saturated heterocycles. The Kier molecular flexibility index (Phi) is 7.14. The number of nitrogens with one attached hydrogen (secondary N) is 2. The highest BCUT2D eigenvalue weighted by Crippen LogP contribution is 2.18. The average Bonchev–Trinajstić information content (AvgIpc) is 2.39. The molecule has 1 atom stereocenters. The summed E-state index contributed by atoms with van der Waals surface area (Å²) < 4.78 is 0. The number of amides is 3. The third-order valence-electron chi connectivity index (χ3n) is 3.22. The van der Waals surface area contributed by atoms with E-state index < -0.39 is 6.03 Å². The maximum atomic E-state index is 11.7. The maximum Gasteiger partial charge on any atom is 0.321 e. The largest absolute Gasteiger partial charge is 0.396 e. The molecule has 0 aromatic heterocycles. The minimum atomic E-state index is -0.499. The summed E-state index contributed by atoms with van der Waals surface area (Å²) in [5.41, 5.74) is 0. The highest BCUT2D eigenvalue weighted by Gasteiger charge is 2.24. The van der Waals surface area contributed by atoms with Gasteiger partial charge in [0.25, 0.3) is 0 Å². The molecule has 3 N–H and O–H groups in total. The van der Waals surface area contributed by atoms with Gasteiger partial charge in [-0.05, 0) is 25.8 Å². The van der Waals surface area contributed by atoms with Crippen molar-refractivity contribution in [2.75, 3.05) is 26.2 Å². The van der Waals surface area contributed by atoms with Crippen molar-refractivity contribution in [1.82, 2.24) is 15.5 Å². The van der Waals surface area contributed by atoms with Gasteiger partial charge in [0.2, 0.25) is 5.91 Å². The highest BCUT2D eigenvalue weighted by molar-refractivity contribution is 5.95. The molecule has 19 heavy (non-hydrogen) atoms. The summed E-state index contributed by atoms with van der Waals surface area (Å²) in [5.74, 6) is -0.314. The molecule has 1 fully saturated rings. The van der Waals surface area contributed by atoms with Crippen LogP contribution in [0.25, 0.3) is 0 Å². The molecule has 1 heterocycles. The van der Waals surface area contributed by atoms with E-state index in [0.717, 1.165) is 25.8 Å². The number of hydrogen-bond acceptors (Lipinski definition) is 4. The number of hydrogen-bond donors (Lipinski definition) is 3.